The molecular formula is C29H25ClFN5. The van der Waals surface area contributed by atoms with Crippen LogP contribution in [0.2, 0.25) is 5.02 Å². The molecule has 1 saturated heterocycles. The normalized spacial score (nSPS) is 14.0. The summed E-state index contributed by atoms with van der Waals surface area (Å²) in [6.45, 7) is 5.50. The highest BCUT2D eigenvalue weighted by atomic mass is 35.5. The first-order valence-electron chi connectivity index (χ1n) is 12.0. The van der Waals surface area contributed by atoms with Gasteiger partial charge >= 0.3 is 0 Å². The Morgan fingerprint density at radius 3 is 2.28 bits per heavy atom. The van der Waals surface area contributed by atoms with Crippen molar-refractivity contribution in [2.75, 3.05) is 36.0 Å². The van der Waals surface area contributed by atoms with Gasteiger partial charge in [0.1, 0.15) is 11.6 Å². The Labute approximate surface area is 214 Å². The first-order chi connectivity index (χ1) is 17.5. The minimum absolute atomic E-state index is 0.282. The van der Waals surface area contributed by atoms with Crippen molar-refractivity contribution in [2.24, 2.45) is 0 Å². The molecule has 0 N–H and O–H groups in total. The third-order valence-corrected chi connectivity index (χ3v) is 6.95. The largest absolute Gasteiger partial charge is 0.368 e. The minimum atomic E-state index is -0.282. The fourth-order valence-corrected chi connectivity index (χ4v) is 5.00. The number of benzene rings is 3. The van der Waals surface area contributed by atoms with Crippen LogP contribution in [0.15, 0.2) is 84.9 Å². The van der Waals surface area contributed by atoms with Gasteiger partial charge in [0.15, 0.2) is 5.65 Å². The van der Waals surface area contributed by atoms with Crippen LogP contribution in [0.4, 0.5) is 15.9 Å². The third kappa shape index (κ3) is 4.29. The SMILES string of the molecule is Cc1ccc(Cl)cc1N1CCN(c2cc(-c3ccccc3)nc3cc(-c4cccc(F)c4)nn23)CC1. The lowest BCUT2D eigenvalue weighted by atomic mass is 10.1. The van der Waals surface area contributed by atoms with Crippen LogP contribution < -0.4 is 9.80 Å². The van der Waals surface area contributed by atoms with Crippen LogP contribution in [-0.2, 0) is 0 Å². The maximum Gasteiger partial charge on any atom is 0.158 e. The van der Waals surface area contributed by atoms with Gasteiger partial charge in [-0.2, -0.15) is 9.61 Å². The minimum Gasteiger partial charge on any atom is -0.368 e. The number of rotatable bonds is 4. The van der Waals surface area contributed by atoms with Crippen molar-refractivity contribution in [3.05, 3.63) is 101 Å². The molecule has 180 valence electrons. The van der Waals surface area contributed by atoms with Gasteiger partial charge in [-0.25, -0.2) is 9.37 Å². The smallest absolute Gasteiger partial charge is 0.158 e. The van der Waals surface area contributed by atoms with Gasteiger partial charge in [0, 0.05) is 60.1 Å². The Balaban J connectivity index is 1.39. The molecule has 0 aliphatic carbocycles. The average Bonchev–Trinajstić information content (AvgIpc) is 3.35. The monoisotopic (exact) mass is 497 g/mol. The van der Waals surface area contributed by atoms with E-state index in [1.165, 1.54) is 23.4 Å². The second-order valence-electron chi connectivity index (χ2n) is 9.08. The summed E-state index contributed by atoms with van der Waals surface area (Å²) in [4.78, 5) is 9.64. The molecule has 1 fully saturated rings. The zero-order valence-corrected chi connectivity index (χ0v) is 20.7. The highest BCUT2D eigenvalue weighted by Crippen LogP contribution is 2.30. The van der Waals surface area contributed by atoms with Crippen LogP contribution in [0.1, 0.15) is 5.56 Å². The maximum atomic E-state index is 13.9. The number of halogens is 2. The van der Waals surface area contributed by atoms with Crippen molar-refractivity contribution < 1.29 is 4.39 Å². The van der Waals surface area contributed by atoms with Gasteiger partial charge < -0.3 is 9.80 Å². The number of piperazine rings is 1. The second-order valence-corrected chi connectivity index (χ2v) is 9.52. The molecular weight excluding hydrogens is 473 g/mol. The lowest BCUT2D eigenvalue weighted by Crippen LogP contribution is -2.47. The van der Waals surface area contributed by atoms with Gasteiger partial charge in [-0.3, -0.25) is 0 Å². The van der Waals surface area contributed by atoms with Crippen LogP contribution >= 0.6 is 11.6 Å². The van der Waals surface area contributed by atoms with Crippen LogP contribution in [0.25, 0.3) is 28.2 Å². The second kappa shape index (κ2) is 9.28. The lowest BCUT2D eigenvalue weighted by Gasteiger charge is -2.38. The number of nitrogens with zero attached hydrogens (tertiary/aromatic N) is 5. The molecule has 2 aromatic heterocycles. The van der Waals surface area contributed by atoms with Crippen molar-refractivity contribution in [1.82, 2.24) is 14.6 Å². The summed E-state index contributed by atoms with van der Waals surface area (Å²) in [5.74, 6) is 0.694. The molecule has 3 heterocycles. The van der Waals surface area contributed by atoms with E-state index >= 15 is 0 Å². The number of fused-ring (bicyclic) bond motifs is 1. The number of anilines is 2. The Hall–Kier alpha value is -3.90. The highest BCUT2D eigenvalue weighted by molar-refractivity contribution is 6.30. The van der Waals surface area contributed by atoms with Crippen LogP contribution in [0.5, 0.6) is 0 Å². The molecule has 5 aromatic rings. The summed E-state index contributed by atoms with van der Waals surface area (Å²) in [5, 5.41) is 5.60. The van der Waals surface area contributed by atoms with E-state index < -0.39 is 0 Å². The van der Waals surface area contributed by atoms with E-state index in [0.717, 1.165) is 59.5 Å². The van der Waals surface area contributed by atoms with Crippen molar-refractivity contribution in [3.8, 4) is 22.5 Å². The Morgan fingerprint density at radius 2 is 1.50 bits per heavy atom. The molecule has 0 bridgehead atoms. The predicted molar refractivity (Wildman–Crippen MR) is 144 cm³/mol. The maximum absolute atomic E-state index is 13.9. The molecule has 0 amide bonds. The predicted octanol–water partition coefficient (Wildman–Crippen LogP) is 6.49. The molecule has 5 nitrogen and oxygen atoms in total. The Morgan fingerprint density at radius 1 is 0.750 bits per heavy atom. The molecule has 6 rings (SSSR count). The molecule has 0 spiro atoms. The lowest BCUT2D eigenvalue weighted by molar-refractivity contribution is 0.628. The van der Waals surface area contributed by atoms with E-state index in [-0.39, 0.29) is 5.82 Å². The molecule has 7 heteroatoms. The molecule has 36 heavy (non-hydrogen) atoms. The van der Waals surface area contributed by atoms with Gasteiger partial charge in [-0.1, -0.05) is 60.1 Å². The van der Waals surface area contributed by atoms with Gasteiger partial charge in [0.05, 0.1) is 11.4 Å². The number of aromatic nitrogens is 3. The molecule has 1 aliphatic heterocycles. The molecule has 0 radical (unpaired) electrons. The molecule has 3 aromatic carbocycles. The van der Waals surface area contributed by atoms with E-state index in [1.54, 1.807) is 6.07 Å². The Bertz CT molecular complexity index is 1540. The zero-order chi connectivity index (χ0) is 24.6. The first-order valence-corrected chi connectivity index (χ1v) is 12.4. The number of hydrogen-bond acceptors (Lipinski definition) is 4. The topological polar surface area (TPSA) is 36.7 Å². The van der Waals surface area contributed by atoms with Gasteiger partial charge in [0.25, 0.3) is 0 Å². The first kappa shape index (κ1) is 22.6. The standard InChI is InChI=1S/C29H25ClFN5/c1-20-10-11-23(30)17-27(20)34-12-14-35(15-13-34)29-19-25(21-6-3-2-4-7-21)32-28-18-26(33-36(28)29)22-8-5-9-24(31)16-22/h2-11,16-19H,12-15H2,1H3. The fourth-order valence-electron chi connectivity index (χ4n) is 4.83. The third-order valence-electron chi connectivity index (χ3n) is 6.71. The summed E-state index contributed by atoms with van der Waals surface area (Å²) < 4.78 is 15.8. The molecule has 0 saturated carbocycles. The summed E-state index contributed by atoms with van der Waals surface area (Å²) in [5.41, 5.74) is 6.49. The van der Waals surface area contributed by atoms with E-state index in [0.29, 0.717) is 5.69 Å². The molecule has 0 unspecified atom stereocenters. The number of hydrogen-bond donors (Lipinski definition) is 0. The summed E-state index contributed by atoms with van der Waals surface area (Å²) in [6, 6.07) is 26.8. The van der Waals surface area contributed by atoms with Crippen LogP contribution in [0.3, 0.4) is 0 Å². The quantitative estimate of drug-likeness (QED) is 0.284. The summed E-state index contributed by atoms with van der Waals surface area (Å²) in [7, 11) is 0. The zero-order valence-electron chi connectivity index (χ0n) is 19.9. The van der Waals surface area contributed by atoms with Gasteiger partial charge in [0.2, 0.25) is 0 Å². The van der Waals surface area contributed by atoms with Gasteiger partial charge in [-0.05, 0) is 36.8 Å². The van der Waals surface area contributed by atoms with Crippen LogP contribution in [-0.4, -0.2) is 40.8 Å². The van der Waals surface area contributed by atoms with E-state index in [4.69, 9.17) is 21.7 Å². The van der Waals surface area contributed by atoms with Crippen molar-refractivity contribution in [3.63, 3.8) is 0 Å². The average molecular weight is 498 g/mol. The van der Waals surface area contributed by atoms with E-state index in [2.05, 4.69) is 41.0 Å². The van der Waals surface area contributed by atoms with E-state index in [9.17, 15) is 4.39 Å². The van der Waals surface area contributed by atoms with Crippen molar-refractivity contribution >= 4 is 28.8 Å². The van der Waals surface area contributed by atoms with Crippen LogP contribution in [0, 0.1) is 12.7 Å². The highest BCUT2D eigenvalue weighted by Gasteiger charge is 2.23. The number of aryl methyl sites for hydroxylation is 1. The van der Waals surface area contributed by atoms with Crippen molar-refractivity contribution in [1.29, 1.82) is 0 Å². The molecule has 1 aliphatic rings. The molecule has 0 atom stereocenters. The van der Waals surface area contributed by atoms with E-state index in [1.807, 2.05) is 47.0 Å². The van der Waals surface area contributed by atoms with Gasteiger partial charge in [-0.15, -0.1) is 0 Å². The summed E-state index contributed by atoms with van der Waals surface area (Å²) >= 11 is 6.29. The summed E-state index contributed by atoms with van der Waals surface area (Å²) in [6.07, 6.45) is 0. The van der Waals surface area contributed by atoms with Crippen molar-refractivity contribution in [2.45, 2.75) is 6.92 Å². The Kier molecular flexibility index (Phi) is 5.82. The fraction of sp³-hybridized carbons (Fsp3) is 0.172.